The lowest BCUT2D eigenvalue weighted by Crippen LogP contribution is -2.12. The summed E-state index contributed by atoms with van der Waals surface area (Å²) in [6.45, 7) is 6.20. The SMILES string of the molecule is Cc1ccc2c(N)c(C(=O)Nc3ccc(C(=O)C=Cc4ccc(C(C)C)cc4)cc3)sc2n1. The first-order chi connectivity index (χ1) is 15.8. The van der Waals surface area contributed by atoms with E-state index in [9.17, 15) is 9.59 Å². The van der Waals surface area contributed by atoms with Crippen molar-refractivity contribution in [1.29, 1.82) is 0 Å². The number of aryl methyl sites for hydroxylation is 1. The second-order valence-electron chi connectivity index (χ2n) is 8.20. The maximum Gasteiger partial charge on any atom is 0.267 e. The lowest BCUT2D eigenvalue weighted by molar-refractivity contribution is 0.102. The fourth-order valence-corrected chi connectivity index (χ4v) is 4.46. The summed E-state index contributed by atoms with van der Waals surface area (Å²) in [6.07, 6.45) is 3.37. The first-order valence-corrected chi connectivity index (χ1v) is 11.5. The summed E-state index contributed by atoms with van der Waals surface area (Å²) in [5, 5.41) is 3.63. The van der Waals surface area contributed by atoms with Crippen LogP contribution in [0.4, 0.5) is 11.4 Å². The van der Waals surface area contributed by atoms with Gasteiger partial charge < -0.3 is 11.1 Å². The topological polar surface area (TPSA) is 85.1 Å². The molecule has 33 heavy (non-hydrogen) atoms. The number of fused-ring (bicyclic) bond motifs is 1. The van der Waals surface area contributed by atoms with Crippen LogP contribution in [0.15, 0.2) is 66.7 Å². The van der Waals surface area contributed by atoms with Crippen LogP contribution in [0.3, 0.4) is 0 Å². The number of nitrogens with one attached hydrogen (secondary N) is 1. The molecule has 0 atom stereocenters. The number of carbonyl (C=O) groups excluding carboxylic acids is 2. The minimum absolute atomic E-state index is 0.101. The molecule has 0 fully saturated rings. The van der Waals surface area contributed by atoms with E-state index in [1.165, 1.54) is 16.9 Å². The second-order valence-corrected chi connectivity index (χ2v) is 9.20. The van der Waals surface area contributed by atoms with Crippen LogP contribution >= 0.6 is 11.3 Å². The minimum Gasteiger partial charge on any atom is -0.397 e. The molecule has 2 aromatic heterocycles. The molecule has 2 heterocycles. The maximum absolute atomic E-state index is 12.7. The molecule has 0 saturated heterocycles. The minimum atomic E-state index is -0.294. The van der Waals surface area contributed by atoms with Gasteiger partial charge in [0.25, 0.3) is 5.91 Å². The first-order valence-electron chi connectivity index (χ1n) is 10.7. The molecule has 0 saturated carbocycles. The van der Waals surface area contributed by atoms with Gasteiger partial charge in [-0.3, -0.25) is 9.59 Å². The van der Waals surface area contributed by atoms with Crippen molar-refractivity contribution in [2.45, 2.75) is 26.7 Å². The van der Waals surface area contributed by atoms with Gasteiger partial charge in [-0.1, -0.05) is 44.2 Å². The molecule has 3 N–H and O–H groups in total. The molecule has 4 aromatic rings. The van der Waals surface area contributed by atoms with Gasteiger partial charge in [-0.2, -0.15) is 0 Å². The van der Waals surface area contributed by atoms with E-state index < -0.39 is 0 Å². The van der Waals surface area contributed by atoms with Gasteiger partial charge in [0.05, 0.1) is 5.69 Å². The number of rotatable bonds is 6. The Morgan fingerprint density at radius 1 is 1.00 bits per heavy atom. The highest BCUT2D eigenvalue weighted by Gasteiger charge is 2.17. The average molecular weight is 456 g/mol. The highest BCUT2D eigenvalue weighted by molar-refractivity contribution is 7.21. The van der Waals surface area contributed by atoms with Gasteiger partial charge >= 0.3 is 0 Å². The highest BCUT2D eigenvalue weighted by Crippen LogP contribution is 2.33. The Balaban J connectivity index is 1.43. The van der Waals surface area contributed by atoms with Gasteiger partial charge in [0, 0.05) is 22.3 Å². The highest BCUT2D eigenvalue weighted by atomic mass is 32.1. The maximum atomic E-state index is 12.7. The molecule has 1 amide bonds. The van der Waals surface area contributed by atoms with Crippen molar-refractivity contribution < 1.29 is 9.59 Å². The van der Waals surface area contributed by atoms with Crippen molar-refractivity contribution >= 4 is 50.7 Å². The summed E-state index contributed by atoms with van der Waals surface area (Å²) in [5.41, 5.74) is 10.8. The summed E-state index contributed by atoms with van der Waals surface area (Å²) in [5.74, 6) is 0.0767. The lowest BCUT2D eigenvalue weighted by Gasteiger charge is -2.05. The summed E-state index contributed by atoms with van der Waals surface area (Å²) < 4.78 is 0. The molecular weight excluding hydrogens is 430 g/mol. The van der Waals surface area contributed by atoms with Crippen LogP contribution in [-0.2, 0) is 0 Å². The second kappa shape index (κ2) is 9.38. The normalized spacial score (nSPS) is 11.4. The van der Waals surface area contributed by atoms with Crippen molar-refractivity contribution in [3.63, 3.8) is 0 Å². The lowest BCUT2D eigenvalue weighted by atomic mass is 10.0. The van der Waals surface area contributed by atoms with Crippen LogP contribution in [0.2, 0.25) is 0 Å². The van der Waals surface area contributed by atoms with Gasteiger partial charge in [-0.05, 0) is 66.4 Å². The Bertz CT molecular complexity index is 1350. The Morgan fingerprint density at radius 3 is 2.36 bits per heavy atom. The van der Waals surface area contributed by atoms with Gasteiger partial charge in [0.2, 0.25) is 0 Å². The fraction of sp³-hybridized carbons (Fsp3) is 0.148. The van der Waals surface area contributed by atoms with E-state index in [2.05, 4.69) is 36.3 Å². The van der Waals surface area contributed by atoms with E-state index in [0.717, 1.165) is 21.5 Å². The predicted molar refractivity (Wildman–Crippen MR) is 137 cm³/mol. The zero-order chi connectivity index (χ0) is 23.5. The smallest absolute Gasteiger partial charge is 0.267 e. The Morgan fingerprint density at radius 2 is 1.70 bits per heavy atom. The Labute approximate surface area is 197 Å². The molecule has 5 nitrogen and oxygen atoms in total. The molecule has 4 rings (SSSR count). The fourth-order valence-electron chi connectivity index (χ4n) is 3.42. The number of benzene rings is 2. The molecule has 0 spiro atoms. The third kappa shape index (κ3) is 5.02. The van der Waals surface area contributed by atoms with Crippen LogP contribution in [0.1, 0.15) is 56.6 Å². The van der Waals surface area contributed by atoms with Crippen molar-refractivity contribution in [3.05, 3.63) is 94.0 Å². The summed E-state index contributed by atoms with van der Waals surface area (Å²) >= 11 is 1.27. The number of carbonyl (C=O) groups is 2. The largest absolute Gasteiger partial charge is 0.397 e. The van der Waals surface area contributed by atoms with Crippen LogP contribution in [0.25, 0.3) is 16.3 Å². The van der Waals surface area contributed by atoms with Gasteiger partial charge in [0.1, 0.15) is 9.71 Å². The third-order valence-corrected chi connectivity index (χ3v) is 6.51. The van der Waals surface area contributed by atoms with E-state index in [-0.39, 0.29) is 11.7 Å². The van der Waals surface area contributed by atoms with E-state index in [0.29, 0.717) is 27.7 Å². The Kier molecular flexibility index (Phi) is 6.38. The number of nitrogens with zero attached hydrogens (tertiary/aromatic N) is 1. The number of pyridine rings is 1. The molecule has 0 aliphatic carbocycles. The number of anilines is 2. The van der Waals surface area contributed by atoms with Crippen molar-refractivity contribution in [2.75, 3.05) is 11.1 Å². The molecule has 2 aromatic carbocycles. The standard InChI is InChI=1S/C27H25N3O2S/c1-16(2)19-8-5-18(6-9-19)7-15-23(31)20-10-12-21(13-11-20)30-26(32)25-24(28)22-14-4-17(3)29-27(22)33-25/h4-16H,28H2,1-3H3,(H,30,32). The van der Waals surface area contributed by atoms with Crippen LogP contribution in [0, 0.1) is 6.92 Å². The molecule has 0 unspecified atom stereocenters. The summed E-state index contributed by atoms with van der Waals surface area (Å²) in [7, 11) is 0. The number of thiophene rings is 1. The molecular formula is C27H25N3O2S. The van der Waals surface area contributed by atoms with Crippen LogP contribution in [0.5, 0.6) is 0 Å². The molecule has 0 aliphatic rings. The van der Waals surface area contributed by atoms with Crippen molar-refractivity contribution in [3.8, 4) is 0 Å². The summed E-state index contributed by atoms with van der Waals surface area (Å²) in [6, 6.07) is 18.7. The number of hydrogen-bond donors (Lipinski definition) is 2. The van der Waals surface area contributed by atoms with E-state index in [1.807, 2.05) is 37.3 Å². The van der Waals surface area contributed by atoms with E-state index in [4.69, 9.17) is 5.73 Å². The third-order valence-electron chi connectivity index (χ3n) is 5.40. The number of hydrogen-bond acceptors (Lipinski definition) is 5. The van der Waals surface area contributed by atoms with E-state index >= 15 is 0 Å². The van der Waals surface area contributed by atoms with Crippen molar-refractivity contribution in [2.24, 2.45) is 0 Å². The number of amides is 1. The molecule has 6 heteroatoms. The average Bonchev–Trinajstić information content (AvgIpc) is 3.13. The van der Waals surface area contributed by atoms with Crippen molar-refractivity contribution in [1.82, 2.24) is 4.98 Å². The number of aromatic nitrogens is 1. The van der Waals surface area contributed by atoms with Crippen LogP contribution < -0.4 is 11.1 Å². The van der Waals surface area contributed by atoms with Gasteiger partial charge in [-0.25, -0.2) is 4.98 Å². The zero-order valence-electron chi connectivity index (χ0n) is 18.8. The molecule has 0 bridgehead atoms. The predicted octanol–water partition coefficient (Wildman–Crippen LogP) is 6.46. The van der Waals surface area contributed by atoms with Crippen LogP contribution in [-0.4, -0.2) is 16.7 Å². The van der Waals surface area contributed by atoms with Gasteiger partial charge in [-0.15, -0.1) is 11.3 Å². The monoisotopic (exact) mass is 455 g/mol. The number of nitrogens with two attached hydrogens (primary N) is 1. The number of allylic oxidation sites excluding steroid dienone is 1. The number of nitrogen functional groups attached to an aromatic ring is 1. The first kappa shape index (κ1) is 22.4. The van der Waals surface area contributed by atoms with Gasteiger partial charge in [0.15, 0.2) is 5.78 Å². The molecule has 166 valence electrons. The Hall–Kier alpha value is -3.77. The number of ketones is 1. The zero-order valence-corrected chi connectivity index (χ0v) is 19.6. The quantitative estimate of drug-likeness (QED) is 0.258. The molecule has 0 radical (unpaired) electrons. The summed E-state index contributed by atoms with van der Waals surface area (Å²) in [4.78, 5) is 30.9. The molecule has 0 aliphatic heterocycles. The van der Waals surface area contributed by atoms with E-state index in [1.54, 1.807) is 30.3 Å².